The number of methoxy groups -OCH3 is 1. The van der Waals surface area contributed by atoms with Gasteiger partial charge in [0.05, 0.1) is 7.11 Å². The molecule has 2 nitrogen and oxygen atoms in total. The minimum Gasteiger partial charge on any atom is -0.496 e. The van der Waals surface area contributed by atoms with Crippen LogP contribution < -0.4 is 10.1 Å². The Kier molecular flexibility index (Phi) is 5.03. The monoisotopic (exact) mass is 267 g/mol. The second kappa shape index (κ2) is 6.98. The van der Waals surface area contributed by atoms with E-state index in [1.54, 1.807) is 7.11 Å². The van der Waals surface area contributed by atoms with Gasteiger partial charge in [-0.3, -0.25) is 0 Å². The summed E-state index contributed by atoms with van der Waals surface area (Å²) in [5.74, 6) is 3.65. The van der Waals surface area contributed by atoms with Gasteiger partial charge in [0.25, 0.3) is 0 Å². The van der Waals surface area contributed by atoms with Crippen LogP contribution in [0.4, 0.5) is 0 Å². The van der Waals surface area contributed by atoms with Gasteiger partial charge in [-0.05, 0) is 23.3 Å². The normalized spacial score (nSPS) is 12.1. The van der Waals surface area contributed by atoms with Crippen molar-refractivity contribution in [2.24, 2.45) is 0 Å². The van der Waals surface area contributed by atoms with Crippen LogP contribution in [0.2, 0.25) is 0 Å². The van der Waals surface area contributed by atoms with Crippen LogP contribution >= 0.6 is 0 Å². The fourth-order valence-corrected chi connectivity index (χ4v) is 2.44. The zero-order valence-corrected chi connectivity index (χ0v) is 12.1. The predicted molar refractivity (Wildman–Crippen MR) is 84.9 cm³/mol. The lowest BCUT2D eigenvalue weighted by molar-refractivity contribution is 0.405. The number of nitrogens with one attached hydrogen (secondary N) is 1. The molecule has 0 saturated heterocycles. The van der Waals surface area contributed by atoms with Gasteiger partial charge in [-0.25, -0.2) is 0 Å². The van der Waals surface area contributed by atoms with Gasteiger partial charge in [-0.2, -0.15) is 0 Å². The number of fused-ring (bicyclic) bond motifs is 1. The molecule has 0 spiro atoms. The Balaban J connectivity index is 2.29. The summed E-state index contributed by atoms with van der Waals surface area (Å²) in [5.41, 5.74) is 1.20. The van der Waals surface area contributed by atoms with Crippen LogP contribution in [0, 0.1) is 12.3 Å². The van der Waals surface area contributed by atoms with Gasteiger partial charge in [-0.1, -0.05) is 37.3 Å². The van der Waals surface area contributed by atoms with Crippen LogP contribution in [-0.2, 0) is 6.54 Å². The third kappa shape index (κ3) is 3.12. The number of hydrogen-bond donors (Lipinski definition) is 1. The first kappa shape index (κ1) is 14.4. The molecule has 1 unspecified atom stereocenters. The fraction of sp³-hybridized carbons (Fsp3) is 0.333. The Hall–Kier alpha value is -1.98. The van der Waals surface area contributed by atoms with E-state index >= 15 is 0 Å². The minimum atomic E-state index is 0.351. The molecule has 0 aliphatic heterocycles. The summed E-state index contributed by atoms with van der Waals surface area (Å²) in [6.07, 6.45) is 7.18. The van der Waals surface area contributed by atoms with Crippen LogP contribution in [0.15, 0.2) is 36.4 Å². The van der Waals surface area contributed by atoms with Gasteiger partial charge in [0.2, 0.25) is 0 Å². The van der Waals surface area contributed by atoms with Crippen molar-refractivity contribution in [3.63, 3.8) is 0 Å². The SMILES string of the molecule is C#CCC(CC)NCc1c(OC)ccc2ccccc12. The lowest BCUT2D eigenvalue weighted by atomic mass is 10.0. The Bertz CT molecular complexity index is 612. The number of rotatable bonds is 6. The van der Waals surface area contributed by atoms with Crippen molar-refractivity contribution in [1.29, 1.82) is 0 Å². The summed E-state index contributed by atoms with van der Waals surface area (Å²) in [6, 6.07) is 12.8. The summed E-state index contributed by atoms with van der Waals surface area (Å²) < 4.78 is 5.50. The molecule has 2 aromatic rings. The van der Waals surface area contributed by atoms with Gasteiger partial charge in [0.15, 0.2) is 0 Å². The molecule has 1 atom stereocenters. The molecule has 0 aliphatic rings. The van der Waals surface area contributed by atoms with Gasteiger partial charge >= 0.3 is 0 Å². The summed E-state index contributed by atoms with van der Waals surface area (Å²) in [7, 11) is 1.71. The summed E-state index contributed by atoms with van der Waals surface area (Å²) in [6.45, 7) is 2.92. The van der Waals surface area contributed by atoms with E-state index in [9.17, 15) is 0 Å². The van der Waals surface area contributed by atoms with E-state index in [0.29, 0.717) is 6.04 Å². The Morgan fingerprint density at radius 3 is 2.75 bits per heavy atom. The molecule has 0 radical (unpaired) electrons. The molecular formula is C18H21NO. The molecule has 0 heterocycles. The second-order valence-electron chi connectivity index (χ2n) is 4.86. The average molecular weight is 267 g/mol. The Morgan fingerprint density at radius 2 is 2.05 bits per heavy atom. The Labute approximate surface area is 121 Å². The van der Waals surface area contributed by atoms with Crippen LogP contribution in [0.5, 0.6) is 5.75 Å². The van der Waals surface area contributed by atoms with Crippen LogP contribution in [-0.4, -0.2) is 13.2 Å². The van der Waals surface area contributed by atoms with Crippen molar-refractivity contribution < 1.29 is 4.74 Å². The third-order valence-electron chi connectivity index (χ3n) is 3.64. The average Bonchev–Trinajstić information content (AvgIpc) is 2.51. The highest BCUT2D eigenvalue weighted by atomic mass is 16.5. The van der Waals surface area contributed by atoms with Gasteiger partial charge in [0, 0.05) is 24.6 Å². The standard InChI is InChI=1S/C18H21NO/c1-4-8-15(5-2)19-13-17-16-10-7-6-9-14(16)11-12-18(17)20-3/h1,6-7,9-12,15,19H,5,8,13H2,2-3H3. The topological polar surface area (TPSA) is 21.3 Å². The van der Waals surface area contributed by atoms with E-state index < -0.39 is 0 Å². The number of hydrogen-bond acceptors (Lipinski definition) is 2. The van der Waals surface area contributed by atoms with Gasteiger partial charge in [-0.15, -0.1) is 12.3 Å². The van der Waals surface area contributed by atoms with Crippen molar-refractivity contribution in [3.8, 4) is 18.1 Å². The predicted octanol–water partition coefficient (Wildman–Crippen LogP) is 3.74. The van der Waals surface area contributed by atoms with E-state index in [-0.39, 0.29) is 0 Å². The van der Waals surface area contributed by atoms with Gasteiger partial charge in [0.1, 0.15) is 5.75 Å². The highest BCUT2D eigenvalue weighted by Gasteiger charge is 2.10. The van der Waals surface area contributed by atoms with Crippen molar-refractivity contribution in [2.75, 3.05) is 7.11 Å². The third-order valence-corrected chi connectivity index (χ3v) is 3.64. The van der Waals surface area contributed by atoms with Crippen LogP contribution in [0.1, 0.15) is 25.3 Å². The zero-order chi connectivity index (χ0) is 14.4. The first-order valence-corrected chi connectivity index (χ1v) is 7.01. The van der Waals surface area contributed by atoms with Crippen molar-refractivity contribution in [3.05, 3.63) is 42.0 Å². The van der Waals surface area contributed by atoms with E-state index in [4.69, 9.17) is 11.2 Å². The van der Waals surface area contributed by atoms with E-state index in [0.717, 1.165) is 25.1 Å². The summed E-state index contributed by atoms with van der Waals surface area (Å²) in [4.78, 5) is 0. The molecular weight excluding hydrogens is 246 g/mol. The highest BCUT2D eigenvalue weighted by Crippen LogP contribution is 2.28. The van der Waals surface area contributed by atoms with Crippen molar-refractivity contribution >= 4 is 10.8 Å². The number of ether oxygens (including phenoxy) is 1. The highest BCUT2D eigenvalue weighted by molar-refractivity contribution is 5.87. The number of benzene rings is 2. The molecule has 0 bridgehead atoms. The zero-order valence-electron chi connectivity index (χ0n) is 12.1. The number of terminal acetylenes is 1. The largest absolute Gasteiger partial charge is 0.496 e. The molecule has 2 aromatic carbocycles. The Morgan fingerprint density at radius 1 is 1.25 bits per heavy atom. The maximum absolute atomic E-state index is 5.50. The minimum absolute atomic E-state index is 0.351. The molecule has 0 aromatic heterocycles. The van der Waals surface area contributed by atoms with Crippen LogP contribution in [0.25, 0.3) is 10.8 Å². The smallest absolute Gasteiger partial charge is 0.123 e. The molecule has 2 rings (SSSR count). The molecule has 0 amide bonds. The molecule has 1 N–H and O–H groups in total. The molecule has 2 heteroatoms. The van der Waals surface area contributed by atoms with Crippen molar-refractivity contribution in [1.82, 2.24) is 5.32 Å². The lowest BCUT2D eigenvalue weighted by Crippen LogP contribution is -2.27. The first-order chi connectivity index (χ1) is 9.80. The van der Waals surface area contributed by atoms with E-state index in [1.807, 2.05) is 6.07 Å². The summed E-state index contributed by atoms with van der Waals surface area (Å²) in [5, 5.41) is 5.99. The second-order valence-corrected chi connectivity index (χ2v) is 4.86. The van der Waals surface area contributed by atoms with Gasteiger partial charge < -0.3 is 10.1 Å². The first-order valence-electron chi connectivity index (χ1n) is 7.01. The fourth-order valence-electron chi connectivity index (χ4n) is 2.44. The summed E-state index contributed by atoms with van der Waals surface area (Å²) >= 11 is 0. The van der Waals surface area contributed by atoms with E-state index in [2.05, 4.69) is 48.5 Å². The van der Waals surface area contributed by atoms with E-state index in [1.165, 1.54) is 16.3 Å². The molecule has 20 heavy (non-hydrogen) atoms. The molecule has 0 aliphatic carbocycles. The van der Waals surface area contributed by atoms with Crippen molar-refractivity contribution in [2.45, 2.75) is 32.4 Å². The maximum Gasteiger partial charge on any atom is 0.123 e. The molecule has 104 valence electrons. The maximum atomic E-state index is 5.50. The quantitative estimate of drug-likeness (QED) is 0.805. The van der Waals surface area contributed by atoms with Crippen LogP contribution in [0.3, 0.4) is 0 Å². The molecule has 0 saturated carbocycles. The molecule has 0 fully saturated rings. The lowest BCUT2D eigenvalue weighted by Gasteiger charge is -2.17.